The highest BCUT2D eigenvalue weighted by atomic mass is 16.4. The van der Waals surface area contributed by atoms with Crippen LogP contribution in [-0.4, -0.2) is 21.3 Å². The van der Waals surface area contributed by atoms with Gasteiger partial charge in [0.25, 0.3) is 5.56 Å². The highest BCUT2D eigenvalue weighted by Gasteiger charge is 2.05. The highest BCUT2D eigenvalue weighted by molar-refractivity contribution is 5.66. The first-order chi connectivity index (χ1) is 6.61. The van der Waals surface area contributed by atoms with Gasteiger partial charge in [0.2, 0.25) is 0 Å². The number of aromatic amines is 2. The second kappa shape index (κ2) is 4.64. The predicted octanol–water partition coefficient (Wildman–Crippen LogP) is 0.809. The Kier molecular flexibility index (Phi) is 3.50. The van der Waals surface area contributed by atoms with Gasteiger partial charge in [0.15, 0.2) is 0 Å². The molecule has 0 unspecified atom stereocenters. The van der Waals surface area contributed by atoms with Crippen LogP contribution in [0.15, 0.2) is 4.79 Å². The van der Waals surface area contributed by atoms with Gasteiger partial charge in [-0.2, -0.15) is 0 Å². The molecule has 78 valence electrons. The van der Waals surface area contributed by atoms with Gasteiger partial charge in [-0.25, -0.2) is 0 Å². The topological polar surface area (TPSA) is 86.0 Å². The van der Waals surface area contributed by atoms with Gasteiger partial charge in [0.1, 0.15) is 0 Å². The van der Waals surface area contributed by atoms with Gasteiger partial charge in [-0.3, -0.25) is 14.7 Å². The number of hydrogen-bond donors (Lipinski definition) is 3. The van der Waals surface area contributed by atoms with Crippen molar-refractivity contribution < 1.29 is 9.90 Å². The molecule has 14 heavy (non-hydrogen) atoms. The van der Waals surface area contributed by atoms with E-state index in [1.807, 2.05) is 6.92 Å². The third-order valence-corrected chi connectivity index (χ3v) is 2.16. The number of carboxylic acids is 1. The maximum absolute atomic E-state index is 11.2. The summed E-state index contributed by atoms with van der Waals surface area (Å²) in [6.07, 6.45) is 2.15. The molecular weight excluding hydrogens is 184 g/mol. The van der Waals surface area contributed by atoms with Gasteiger partial charge in [-0.1, -0.05) is 0 Å². The zero-order valence-corrected chi connectivity index (χ0v) is 8.09. The number of H-pyrrole nitrogens is 2. The fourth-order valence-electron chi connectivity index (χ4n) is 1.35. The Balaban J connectivity index is 2.38. The lowest BCUT2D eigenvalue weighted by Crippen LogP contribution is -2.06. The number of aromatic nitrogens is 2. The molecule has 5 heteroatoms. The average molecular weight is 198 g/mol. The summed E-state index contributed by atoms with van der Waals surface area (Å²) >= 11 is 0. The maximum atomic E-state index is 11.2. The van der Waals surface area contributed by atoms with E-state index in [1.165, 1.54) is 0 Å². The van der Waals surface area contributed by atoms with E-state index in [1.54, 1.807) is 0 Å². The molecule has 0 fully saturated rings. The molecule has 1 heterocycles. The van der Waals surface area contributed by atoms with Crippen LogP contribution >= 0.6 is 0 Å². The fraction of sp³-hybridized carbons (Fsp3) is 0.556. The van der Waals surface area contributed by atoms with Gasteiger partial charge < -0.3 is 10.2 Å². The number of rotatable bonds is 5. The SMILES string of the molecule is Cc1[nH][nH]c(=O)c1CCCCC(=O)O. The van der Waals surface area contributed by atoms with Crippen LogP contribution in [0.25, 0.3) is 0 Å². The lowest BCUT2D eigenvalue weighted by Gasteiger charge is -1.96. The zero-order valence-electron chi connectivity index (χ0n) is 8.09. The Morgan fingerprint density at radius 2 is 2.07 bits per heavy atom. The summed E-state index contributed by atoms with van der Waals surface area (Å²) < 4.78 is 0. The Bertz CT molecular complexity index is 364. The van der Waals surface area contributed by atoms with Crippen molar-refractivity contribution in [3.05, 3.63) is 21.6 Å². The summed E-state index contributed by atoms with van der Waals surface area (Å²) in [6, 6.07) is 0. The minimum atomic E-state index is -0.787. The molecule has 1 rings (SSSR count). The van der Waals surface area contributed by atoms with Crippen molar-refractivity contribution in [2.75, 3.05) is 0 Å². The number of carboxylic acid groups (broad SMARTS) is 1. The van der Waals surface area contributed by atoms with Crippen molar-refractivity contribution in [2.45, 2.75) is 32.6 Å². The molecule has 5 nitrogen and oxygen atoms in total. The smallest absolute Gasteiger partial charge is 0.303 e. The van der Waals surface area contributed by atoms with Crippen LogP contribution in [0.4, 0.5) is 0 Å². The molecule has 0 aliphatic carbocycles. The van der Waals surface area contributed by atoms with Crippen LogP contribution in [0.2, 0.25) is 0 Å². The largest absolute Gasteiger partial charge is 0.481 e. The first kappa shape index (κ1) is 10.6. The van der Waals surface area contributed by atoms with Crippen LogP contribution in [0.5, 0.6) is 0 Å². The molecule has 1 aromatic rings. The second-order valence-corrected chi connectivity index (χ2v) is 3.28. The second-order valence-electron chi connectivity index (χ2n) is 3.28. The molecule has 0 aliphatic heterocycles. The molecule has 0 radical (unpaired) electrons. The minimum absolute atomic E-state index is 0.0992. The lowest BCUT2D eigenvalue weighted by atomic mass is 10.1. The molecule has 0 aromatic carbocycles. The Morgan fingerprint density at radius 3 is 2.57 bits per heavy atom. The Hall–Kier alpha value is -1.52. The molecule has 1 aromatic heterocycles. The fourth-order valence-corrected chi connectivity index (χ4v) is 1.35. The minimum Gasteiger partial charge on any atom is -0.481 e. The van der Waals surface area contributed by atoms with E-state index in [2.05, 4.69) is 10.2 Å². The first-order valence-electron chi connectivity index (χ1n) is 4.59. The van der Waals surface area contributed by atoms with Crippen LogP contribution in [0.1, 0.15) is 30.5 Å². The highest BCUT2D eigenvalue weighted by Crippen LogP contribution is 2.05. The zero-order chi connectivity index (χ0) is 10.6. The normalized spacial score (nSPS) is 10.4. The van der Waals surface area contributed by atoms with E-state index in [0.29, 0.717) is 12.8 Å². The van der Waals surface area contributed by atoms with Crippen molar-refractivity contribution in [2.24, 2.45) is 0 Å². The number of carbonyl (C=O) groups is 1. The molecule has 0 atom stereocenters. The van der Waals surface area contributed by atoms with E-state index in [9.17, 15) is 9.59 Å². The van der Waals surface area contributed by atoms with Crippen molar-refractivity contribution >= 4 is 5.97 Å². The molecule has 0 amide bonds. The van der Waals surface area contributed by atoms with Gasteiger partial charge in [-0.15, -0.1) is 0 Å². The summed E-state index contributed by atoms with van der Waals surface area (Å²) in [5, 5.41) is 13.6. The summed E-state index contributed by atoms with van der Waals surface area (Å²) in [4.78, 5) is 21.4. The first-order valence-corrected chi connectivity index (χ1v) is 4.59. The van der Waals surface area contributed by atoms with E-state index in [-0.39, 0.29) is 12.0 Å². The molecular formula is C9H14N2O3. The number of aliphatic carboxylic acids is 1. The molecule has 0 saturated carbocycles. The van der Waals surface area contributed by atoms with Gasteiger partial charge in [0, 0.05) is 17.7 Å². The molecule has 0 spiro atoms. The van der Waals surface area contributed by atoms with Crippen molar-refractivity contribution in [1.82, 2.24) is 10.2 Å². The van der Waals surface area contributed by atoms with Gasteiger partial charge in [-0.05, 0) is 26.2 Å². The third kappa shape index (κ3) is 2.76. The van der Waals surface area contributed by atoms with E-state index >= 15 is 0 Å². The Morgan fingerprint density at radius 1 is 1.36 bits per heavy atom. The van der Waals surface area contributed by atoms with Crippen molar-refractivity contribution in [1.29, 1.82) is 0 Å². The van der Waals surface area contributed by atoms with Gasteiger partial charge in [0.05, 0.1) is 0 Å². The van der Waals surface area contributed by atoms with Crippen molar-refractivity contribution in [3.8, 4) is 0 Å². The average Bonchev–Trinajstić information content (AvgIpc) is 2.42. The lowest BCUT2D eigenvalue weighted by molar-refractivity contribution is -0.137. The molecule has 0 saturated heterocycles. The number of hydrogen-bond acceptors (Lipinski definition) is 2. The number of nitrogens with one attached hydrogen (secondary N) is 2. The number of unbranched alkanes of at least 4 members (excludes halogenated alkanes) is 1. The van der Waals surface area contributed by atoms with Crippen LogP contribution in [-0.2, 0) is 11.2 Å². The molecule has 3 N–H and O–H groups in total. The van der Waals surface area contributed by atoms with Crippen molar-refractivity contribution in [3.63, 3.8) is 0 Å². The maximum Gasteiger partial charge on any atom is 0.303 e. The Labute approximate surface area is 81.1 Å². The summed E-state index contributed by atoms with van der Waals surface area (Å²) in [5.41, 5.74) is 1.47. The van der Waals surface area contributed by atoms with E-state index < -0.39 is 5.97 Å². The van der Waals surface area contributed by atoms with E-state index in [4.69, 9.17) is 5.11 Å². The van der Waals surface area contributed by atoms with Gasteiger partial charge >= 0.3 is 5.97 Å². The summed E-state index contributed by atoms with van der Waals surface area (Å²) in [7, 11) is 0. The molecule has 0 aliphatic rings. The third-order valence-electron chi connectivity index (χ3n) is 2.16. The quantitative estimate of drug-likeness (QED) is 0.612. The standard InChI is InChI=1S/C9H14N2O3/c1-6-7(9(14)11-10-6)4-2-3-5-8(12)13/h2-5H2,1H3,(H,12,13)(H2,10,11,14). The van der Waals surface area contributed by atoms with Crippen LogP contribution < -0.4 is 5.56 Å². The summed E-state index contributed by atoms with van der Waals surface area (Å²) in [5.74, 6) is -0.787. The molecule has 0 bridgehead atoms. The van der Waals surface area contributed by atoms with Crippen LogP contribution in [0, 0.1) is 6.92 Å². The summed E-state index contributed by atoms with van der Waals surface area (Å²) in [6.45, 7) is 1.82. The van der Waals surface area contributed by atoms with Crippen LogP contribution in [0.3, 0.4) is 0 Å². The monoisotopic (exact) mass is 198 g/mol. The predicted molar refractivity (Wildman–Crippen MR) is 51.3 cm³/mol. The number of aryl methyl sites for hydroxylation is 1. The van der Waals surface area contributed by atoms with E-state index in [0.717, 1.165) is 17.7 Å².